The summed E-state index contributed by atoms with van der Waals surface area (Å²) in [4.78, 5) is 25.5. The largest absolute Gasteiger partial charge is 0.490 e. The summed E-state index contributed by atoms with van der Waals surface area (Å²) in [5.41, 5.74) is 3.42. The van der Waals surface area contributed by atoms with Crippen LogP contribution in [-0.4, -0.2) is 31.1 Å². The molecule has 0 bridgehead atoms. The van der Waals surface area contributed by atoms with E-state index < -0.39 is 0 Å². The highest BCUT2D eigenvalue weighted by molar-refractivity contribution is 9.10. The zero-order valence-electron chi connectivity index (χ0n) is 20.8. The SMILES string of the molecule is CC(C)(C)c1ccc(C(=O)Nc2cccc(NC(=O)c3ccc(OCC4CCCO4)c(Br)c3)c2)cc1. The molecule has 1 saturated heterocycles. The van der Waals surface area contributed by atoms with E-state index in [9.17, 15) is 9.59 Å². The molecule has 1 heterocycles. The van der Waals surface area contributed by atoms with E-state index in [1.54, 1.807) is 42.5 Å². The minimum atomic E-state index is -0.261. The van der Waals surface area contributed by atoms with E-state index in [2.05, 4.69) is 47.3 Å². The van der Waals surface area contributed by atoms with Crippen molar-refractivity contribution in [3.63, 3.8) is 0 Å². The van der Waals surface area contributed by atoms with Gasteiger partial charge in [0.2, 0.25) is 0 Å². The minimum absolute atomic E-state index is 0.0227. The summed E-state index contributed by atoms with van der Waals surface area (Å²) in [7, 11) is 0. The van der Waals surface area contributed by atoms with Crippen molar-refractivity contribution in [2.45, 2.75) is 45.1 Å². The summed E-state index contributed by atoms with van der Waals surface area (Å²) in [6, 6.07) is 19.9. The van der Waals surface area contributed by atoms with E-state index >= 15 is 0 Å². The molecule has 6 nitrogen and oxygen atoms in total. The van der Waals surface area contributed by atoms with Crippen LogP contribution in [0.25, 0.3) is 0 Å². The van der Waals surface area contributed by atoms with Crippen LogP contribution < -0.4 is 15.4 Å². The van der Waals surface area contributed by atoms with Gasteiger partial charge in [-0.2, -0.15) is 0 Å². The quantitative estimate of drug-likeness (QED) is 0.338. The number of rotatable bonds is 7. The van der Waals surface area contributed by atoms with Crippen molar-refractivity contribution < 1.29 is 19.1 Å². The number of carbonyl (C=O) groups excluding carboxylic acids is 2. The van der Waals surface area contributed by atoms with E-state index in [1.165, 1.54) is 0 Å². The topological polar surface area (TPSA) is 76.7 Å². The highest BCUT2D eigenvalue weighted by Gasteiger charge is 2.18. The van der Waals surface area contributed by atoms with E-state index in [4.69, 9.17) is 9.47 Å². The number of nitrogens with one attached hydrogen (secondary N) is 2. The second-order valence-corrected chi connectivity index (χ2v) is 10.8. The van der Waals surface area contributed by atoms with Crippen LogP contribution >= 0.6 is 15.9 Å². The third-order valence-corrected chi connectivity index (χ3v) is 6.65. The molecule has 0 saturated carbocycles. The van der Waals surface area contributed by atoms with E-state index in [1.807, 2.05) is 24.3 Å². The van der Waals surface area contributed by atoms with Gasteiger partial charge in [0.05, 0.1) is 10.6 Å². The molecule has 4 rings (SSSR count). The molecule has 7 heteroatoms. The summed E-state index contributed by atoms with van der Waals surface area (Å²) in [6.45, 7) is 7.67. The summed E-state index contributed by atoms with van der Waals surface area (Å²) >= 11 is 3.49. The number of anilines is 2. The molecule has 36 heavy (non-hydrogen) atoms. The lowest BCUT2D eigenvalue weighted by atomic mass is 9.87. The van der Waals surface area contributed by atoms with Crippen molar-refractivity contribution in [1.29, 1.82) is 0 Å². The Hall–Kier alpha value is -3.16. The van der Waals surface area contributed by atoms with Gasteiger partial charge in [0.1, 0.15) is 12.4 Å². The van der Waals surface area contributed by atoms with Crippen LogP contribution in [0, 0.1) is 0 Å². The van der Waals surface area contributed by atoms with Gasteiger partial charge in [-0.15, -0.1) is 0 Å². The van der Waals surface area contributed by atoms with Crippen LogP contribution in [0.1, 0.15) is 59.9 Å². The van der Waals surface area contributed by atoms with Crippen molar-refractivity contribution in [3.05, 3.63) is 87.9 Å². The molecule has 1 fully saturated rings. The van der Waals surface area contributed by atoms with Crippen LogP contribution in [0.5, 0.6) is 5.75 Å². The van der Waals surface area contributed by atoms with Gasteiger partial charge in [-0.3, -0.25) is 9.59 Å². The van der Waals surface area contributed by atoms with Gasteiger partial charge in [-0.25, -0.2) is 0 Å². The van der Waals surface area contributed by atoms with Crippen LogP contribution in [0.3, 0.4) is 0 Å². The maximum absolute atomic E-state index is 12.8. The first-order valence-corrected chi connectivity index (χ1v) is 12.9. The number of benzene rings is 3. The highest BCUT2D eigenvalue weighted by Crippen LogP contribution is 2.28. The normalized spacial score (nSPS) is 15.4. The molecule has 1 aliphatic rings. The molecule has 0 aromatic heterocycles. The number of hydrogen-bond donors (Lipinski definition) is 2. The second-order valence-electron chi connectivity index (χ2n) is 9.91. The fraction of sp³-hybridized carbons (Fsp3) is 0.310. The molecule has 1 atom stereocenters. The fourth-order valence-electron chi connectivity index (χ4n) is 3.92. The number of ether oxygens (including phenoxy) is 2. The number of hydrogen-bond acceptors (Lipinski definition) is 4. The Labute approximate surface area is 220 Å². The summed E-state index contributed by atoms with van der Waals surface area (Å²) < 4.78 is 12.1. The maximum atomic E-state index is 12.8. The van der Waals surface area contributed by atoms with Crippen molar-refractivity contribution in [1.82, 2.24) is 0 Å². The lowest BCUT2D eigenvalue weighted by molar-refractivity contribution is 0.0677. The summed E-state index contributed by atoms with van der Waals surface area (Å²) in [5, 5.41) is 5.79. The Bertz CT molecular complexity index is 1230. The van der Waals surface area contributed by atoms with Gasteiger partial charge >= 0.3 is 0 Å². The summed E-state index contributed by atoms with van der Waals surface area (Å²) in [6.07, 6.45) is 2.18. The first-order chi connectivity index (χ1) is 17.2. The van der Waals surface area contributed by atoms with Crippen molar-refractivity contribution in [3.8, 4) is 5.75 Å². The molecule has 3 aromatic carbocycles. The minimum Gasteiger partial charge on any atom is -0.490 e. The lowest BCUT2D eigenvalue weighted by Gasteiger charge is -2.19. The molecule has 0 aliphatic carbocycles. The number of halogens is 1. The molecule has 0 radical (unpaired) electrons. The van der Waals surface area contributed by atoms with Crippen LogP contribution in [0.15, 0.2) is 71.2 Å². The van der Waals surface area contributed by atoms with Crippen LogP contribution in [-0.2, 0) is 10.2 Å². The Kier molecular flexibility index (Phi) is 8.11. The average Bonchev–Trinajstić information content (AvgIpc) is 3.37. The molecule has 1 unspecified atom stereocenters. The smallest absolute Gasteiger partial charge is 0.255 e. The van der Waals surface area contributed by atoms with E-state index in [-0.39, 0.29) is 23.3 Å². The van der Waals surface area contributed by atoms with Crippen LogP contribution in [0.4, 0.5) is 11.4 Å². The van der Waals surface area contributed by atoms with Crippen LogP contribution in [0.2, 0.25) is 0 Å². The molecule has 0 spiro atoms. The monoisotopic (exact) mass is 550 g/mol. The predicted octanol–water partition coefficient (Wildman–Crippen LogP) is 6.81. The second kappa shape index (κ2) is 11.3. The Morgan fingerprint density at radius 3 is 2.17 bits per heavy atom. The zero-order chi connectivity index (χ0) is 25.7. The molecule has 188 valence electrons. The standard InChI is InChI=1S/C29H31BrN2O4/c1-29(2,3)21-12-9-19(10-13-21)27(33)31-22-6-4-7-23(17-22)32-28(34)20-11-14-26(25(30)16-20)36-18-24-8-5-15-35-24/h4,6-7,9-14,16-17,24H,5,8,15,18H2,1-3H3,(H,31,33)(H,32,34). The third-order valence-electron chi connectivity index (χ3n) is 6.03. The van der Waals surface area contributed by atoms with Gasteiger partial charge < -0.3 is 20.1 Å². The molecule has 3 aromatic rings. The highest BCUT2D eigenvalue weighted by atomic mass is 79.9. The summed E-state index contributed by atoms with van der Waals surface area (Å²) in [5.74, 6) is 0.200. The molecule has 1 aliphatic heterocycles. The Morgan fingerprint density at radius 2 is 1.58 bits per heavy atom. The maximum Gasteiger partial charge on any atom is 0.255 e. The van der Waals surface area contributed by atoms with Gasteiger partial charge in [-0.05, 0) is 88.3 Å². The zero-order valence-corrected chi connectivity index (χ0v) is 22.4. The molecular formula is C29H31BrN2O4. The molecule has 2 amide bonds. The first kappa shape index (κ1) is 25.9. The predicted molar refractivity (Wildman–Crippen MR) is 146 cm³/mol. The lowest BCUT2D eigenvalue weighted by Crippen LogP contribution is -2.17. The first-order valence-electron chi connectivity index (χ1n) is 12.1. The Morgan fingerprint density at radius 1 is 0.944 bits per heavy atom. The molecule has 2 N–H and O–H groups in total. The Balaban J connectivity index is 1.36. The molecular weight excluding hydrogens is 520 g/mol. The average molecular weight is 551 g/mol. The van der Waals surface area contributed by atoms with Gasteiger partial charge in [0.25, 0.3) is 11.8 Å². The third kappa shape index (κ3) is 6.74. The fourth-order valence-corrected chi connectivity index (χ4v) is 4.41. The van der Waals surface area contributed by atoms with E-state index in [0.29, 0.717) is 39.3 Å². The van der Waals surface area contributed by atoms with E-state index in [0.717, 1.165) is 25.0 Å². The van der Waals surface area contributed by atoms with Gasteiger partial charge in [0, 0.05) is 29.1 Å². The van der Waals surface area contributed by atoms with Crippen molar-refractivity contribution >= 4 is 39.1 Å². The van der Waals surface area contributed by atoms with Gasteiger partial charge in [0.15, 0.2) is 0 Å². The van der Waals surface area contributed by atoms with Crippen molar-refractivity contribution in [2.24, 2.45) is 0 Å². The number of amides is 2. The van der Waals surface area contributed by atoms with Gasteiger partial charge in [-0.1, -0.05) is 39.0 Å². The van der Waals surface area contributed by atoms with Crippen molar-refractivity contribution in [2.75, 3.05) is 23.8 Å². The number of carbonyl (C=O) groups is 2.